The number of nitrogens with zero attached hydrogens (tertiary/aromatic N) is 1. The number of halogens is 1. The first-order chi connectivity index (χ1) is 8.92. The molecule has 0 aromatic heterocycles. The lowest BCUT2D eigenvalue weighted by Crippen LogP contribution is -2.28. The molecule has 1 rings (SSSR count). The Kier molecular flexibility index (Phi) is 6.95. The van der Waals surface area contributed by atoms with E-state index in [0.29, 0.717) is 13.2 Å². The zero-order valence-electron chi connectivity index (χ0n) is 11.1. The van der Waals surface area contributed by atoms with E-state index in [1.165, 1.54) is 0 Å². The molecule has 0 fully saturated rings. The van der Waals surface area contributed by atoms with E-state index in [-0.39, 0.29) is 11.4 Å². The van der Waals surface area contributed by atoms with Gasteiger partial charge >= 0.3 is 0 Å². The van der Waals surface area contributed by atoms with Crippen molar-refractivity contribution in [2.75, 3.05) is 40.4 Å². The Labute approximate surface area is 123 Å². The predicted molar refractivity (Wildman–Crippen MR) is 78.7 cm³/mol. The molecule has 5 nitrogen and oxygen atoms in total. The lowest BCUT2D eigenvalue weighted by molar-refractivity contribution is 0.122. The first-order valence-corrected chi connectivity index (χ1v) is 8.17. The number of rotatable bonds is 8. The van der Waals surface area contributed by atoms with E-state index in [9.17, 15) is 8.42 Å². The summed E-state index contributed by atoms with van der Waals surface area (Å²) in [7, 11) is 0.459. The van der Waals surface area contributed by atoms with Crippen molar-refractivity contribution in [3.63, 3.8) is 0 Å². The average Bonchev–Trinajstić information content (AvgIpc) is 2.33. The summed E-state index contributed by atoms with van der Waals surface area (Å²) in [5.41, 5.74) is 0. The van der Waals surface area contributed by atoms with E-state index >= 15 is 0 Å². The number of nitrogens with one attached hydrogen (secondary N) is 1. The number of benzene rings is 1. The molecule has 0 bridgehead atoms. The lowest BCUT2D eigenvalue weighted by atomic mass is 10.4. The maximum atomic E-state index is 11.9. The van der Waals surface area contributed by atoms with Crippen LogP contribution in [0.15, 0.2) is 33.6 Å². The van der Waals surface area contributed by atoms with Crippen LogP contribution in [0.3, 0.4) is 0 Å². The van der Waals surface area contributed by atoms with Gasteiger partial charge in [-0.3, -0.25) is 0 Å². The minimum absolute atomic E-state index is 0.246. The van der Waals surface area contributed by atoms with Gasteiger partial charge in [-0.05, 0) is 32.3 Å². The quantitative estimate of drug-likeness (QED) is 0.718. The molecular weight excluding hydrogens is 332 g/mol. The van der Waals surface area contributed by atoms with E-state index in [1.54, 1.807) is 24.3 Å². The van der Waals surface area contributed by atoms with Crippen molar-refractivity contribution in [1.29, 1.82) is 0 Å². The number of hydrogen-bond acceptors (Lipinski definition) is 4. The Bertz CT molecular complexity index is 492. The summed E-state index contributed by atoms with van der Waals surface area (Å²) in [5, 5.41) is 0. The third-order valence-corrected chi connectivity index (χ3v) is 4.28. The van der Waals surface area contributed by atoms with Gasteiger partial charge in [0.25, 0.3) is 0 Å². The molecule has 0 spiro atoms. The molecule has 0 amide bonds. The summed E-state index contributed by atoms with van der Waals surface area (Å²) in [5.74, 6) is 0. The van der Waals surface area contributed by atoms with Crippen molar-refractivity contribution in [1.82, 2.24) is 9.62 Å². The van der Waals surface area contributed by atoms with Gasteiger partial charge in [0, 0.05) is 17.6 Å². The molecule has 1 aromatic rings. The molecular formula is C12H19BrN2O3S. The Morgan fingerprint density at radius 3 is 2.68 bits per heavy atom. The highest BCUT2D eigenvalue weighted by molar-refractivity contribution is 9.10. The molecule has 1 aromatic carbocycles. The Balaban J connectivity index is 2.36. The lowest BCUT2D eigenvalue weighted by Gasteiger charge is -2.10. The Morgan fingerprint density at radius 1 is 1.32 bits per heavy atom. The van der Waals surface area contributed by atoms with Gasteiger partial charge in [0.1, 0.15) is 0 Å². The van der Waals surface area contributed by atoms with Gasteiger partial charge < -0.3 is 9.64 Å². The molecule has 0 saturated heterocycles. The zero-order valence-corrected chi connectivity index (χ0v) is 13.5. The SMILES string of the molecule is CN(C)CCOCCNS(=O)(=O)c1cccc(Br)c1. The molecule has 0 aliphatic heterocycles. The summed E-state index contributed by atoms with van der Waals surface area (Å²) in [6, 6.07) is 6.59. The first kappa shape index (κ1) is 16.6. The highest BCUT2D eigenvalue weighted by Gasteiger charge is 2.13. The second kappa shape index (κ2) is 7.96. The van der Waals surface area contributed by atoms with Crippen LogP contribution in [-0.2, 0) is 14.8 Å². The van der Waals surface area contributed by atoms with Gasteiger partial charge in [-0.1, -0.05) is 22.0 Å². The molecule has 7 heteroatoms. The van der Waals surface area contributed by atoms with Crippen molar-refractivity contribution < 1.29 is 13.2 Å². The molecule has 0 aliphatic rings. The van der Waals surface area contributed by atoms with E-state index in [2.05, 4.69) is 20.7 Å². The van der Waals surface area contributed by atoms with Crippen LogP contribution < -0.4 is 4.72 Å². The average molecular weight is 351 g/mol. The van der Waals surface area contributed by atoms with Crippen molar-refractivity contribution in [3.05, 3.63) is 28.7 Å². The first-order valence-electron chi connectivity index (χ1n) is 5.89. The largest absolute Gasteiger partial charge is 0.379 e. The molecule has 0 radical (unpaired) electrons. The van der Waals surface area contributed by atoms with Crippen LogP contribution in [0.25, 0.3) is 0 Å². The van der Waals surface area contributed by atoms with Crippen LogP contribution >= 0.6 is 15.9 Å². The monoisotopic (exact) mass is 350 g/mol. The summed E-state index contributed by atoms with van der Waals surface area (Å²) in [6.45, 7) is 2.04. The normalized spacial score (nSPS) is 12.0. The summed E-state index contributed by atoms with van der Waals surface area (Å²) >= 11 is 3.25. The molecule has 0 unspecified atom stereocenters. The fourth-order valence-corrected chi connectivity index (χ4v) is 2.92. The van der Waals surface area contributed by atoms with Crippen LogP contribution in [0.4, 0.5) is 0 Å². The van der Waals surface area contributed by atoms with Crippen LogP contribution in [0.1, 0.15) is 0 Å². The van der Waals surface area contributed by atoms with Gasteiger partial charge in [-0.15, -0.1) is 0 Å². The standard InChI is InChI=1S/C12H19BrN2O3S/c1-15(2)7-9-18-8-6-14-19(16,17)12-5-3-4-11(13)10-12/h3-5,10,14H,6-9H2,1-2H3. The highest BCUT2D eigenvalue weighted by atomic mass is 79.9. The molecule has 19 heavy (non-hydrogen) atoms. The van der Waals surface area contributed by atoms with Crippen LogP contribution in [-0.4, -0.2) is 53.7 Å². The third-order valence-electron chi connectivity index (χ3n) is 2.33. The van der Waals surface area contributed by atoms with Gasteiger partial charge in [0.05, 0.1) is 18.1 Å². The summed E-state index contributed by atoms with van der Waals surface area (Å²) in [6.07, 6.45) is 0. The van der Waals surface area contributed by atoms with Crippen molar-refractivity contribution in [2.45, 2.75) is 4.90 Å². The molecule has 1 N–H and O–H groups in total. The second-order valence-corrected chi connectivity index (χ2v) is 6.95. The van der Waals surface area contributed by atoms with Crippen LogP contribution in [0.5, 0.6) is 0 Å². The molecule has 0 atom stereocenters. The van der Waals surface area contributed by atoms with Crippen molar-refractivity contribution in [2.24, 2.45) is 0 Å². The van der Waals surface area contributed by atoms with E-state index in [4.69, 9.17) is 4.74 Å². The van der Waals surface area contributed by atoms with Gasteiger partial charge in [-0.25, -0.2) is 13.1 Å². The topological polar surface area (TPSA) is 58.6 Å². The van der Waals surface area contributed by atoms with Crippen molar-refractivity contribution in [3.8, 4) is 0 Å². The smallest absolute Gasteiger partial charge is 0.240 e. The predicted octanol–water partition coefficient (Wildman–Crippen LogP) is 1.31. The van der Waals surface area contributed by atoms with Crippen LogP contribution in [0, 0.1) is 0 Å². The van der Waals surface area contributed by atoms with E-state index < -0.39 is 10.0 Å². The number of likely N-dealkylation sites (N-methyl/N-ethyl adjacent to an activating group) is 1. The minimum Gasteiger partial charge on any atom is -0.379 e. The Hall–Kier alpha value is -0.470. The Morgan fingerprint density at radius 2 is 2.05 bits per heavy atom. The fraction of sp³-hybridized carbons (Fsp3) is 0.500. The van der Waals surface area contributed by atoms with Crippen molar-refractivity contribution >= 4 is 26.0 Å². The number of ether oxygens (including phenoxy) is 1. The maximum absolute atomic E-state index is 11.9. The molecule has 0 heterocycles. The molecule has 0 aliphatic carbocycles. The van der Waals surface area contributed by atoms with Gasteiger partial charge in [0.15, 0.2) is 0 Å². The van der Waals surface area contributed by atoms with Gasteiger partial charge in [0.2, 0.25) is 10.0 Å². The molecule has 108 valence electrons. The summed E-state index contributed by atoms with van der Waals surface area (Å²) < 4.78 is 32.4. The third kappa shape index (κ3) is 6.49. The maximum Gasteiger partial charge on any atom is 0.240 e. The zero-order chi connectivity index (χ0) is 14.3. The number of sulfonamides is 1. The minimum atomic E-state index is -3.46. The van der Waals surface area contributed by atoms with E-state index in [0.717, 1.165) is 11.0 Å². The summed E-state index contributed by atoms with van der Waals surface area (Å²) in [4.78, 5) is 2.25. The fourth-order valence-electron chi connectivity index (χ4n) is 1.31. The molecule has 0 saturated carbocycles. The highest BCUT2D eigenvalue weighted by Crippen LogP contribution is 2.15. The van der Waals surface area contributed by atoms with E-state index in [1.807, 2.05) is 19.0 Å². The van der Waals surface area contributed by atoms with Gasteiger partial charge in [-0.2, -0.15) is 0 Å². The second-order valence-electron chi connectivity index (χ2n) is 4.27. The number of hydrogen-bond donors (Lipinski definition) is 1. The van der Waals surface area contributed by atoms with Crippen LogP contribution in [0.2, 0.25) is 0 Å².